The molecule has 11 unspecified atom stereocenters. The number of carbonyl (C=O) groups excluding carboxylic acids is 1. The van der Waals surface area contributed by atoms with Crippen molar-refractivity contribution in [2.45, 2.75) is 248 Å². The van der Waals surface area contributed by atoms with Crippen LogP contribution in [0.25, 0.3) is 0 Å². The number of fused-ring (bicyclic) bond motifs is 7. The molecular weight excluding hydrogens is 661 g/mol. The first-order valence-electron chi connectivity index (χ1n) is 24.0. The third-order valence-electron chi connectivity index (χ3n) is 19.0. The second-order valence-corrected chi connectivity index (χ2v) is 22.4. The molecule has 5 aliphatic rings. The molecule has 0 spiro atoms. The number of hydrogen-bond acceptors (Lipinski definition) is 3. The maximum Gasteiger partial charge on any atom is 0.308 e. The predicted molar refractivity (Wildman–Crippen MR) is 229 cm³/mol. The van der Waals surface area contributed by atoms with Crippen molar-refractivity contribution < 1.29 is 14.6 Å². The second-order valence-electron chi connectivity index (χ2n) is 22.4. The van der Waals surface area contributed by atoms with E-state index in [0.717, 1.165) is 31.6 Å². The molecule has 3 heteroatoms. The van der Waals surface area contributed by atoms with Gasteiger partial charge in [0.1, 0.15) is 6.10 Å². The van der Waals surface area contributed by atoms with Gasteiger partial charge in [0.25, 0.3) is 0 Å². The largest absolute Gasteiger partial charge is 0.462 e. The molecule has 5 aliphatic carbocycles. The number of aliphatic hydroxyl groups is 1. The van der Waals surface area contributed by atoms with E-state index in [0.29, 0.717) is 45.8 Å². The molecule has 54 heavy (non-hydrogen) atoms. The number of hydrogen-bond donors (Lipinski definition) is 1. The van der Waals surface area contributed by atoms with Crippen LogP contribution in [-0.2, 0) is 9.53 Å². The van der Waals surface area contributed by atoms with Crippen LogP contribution >= 0.6 is 0 Å². The van der Waals surface area contributed by atoms with Crippen LogP contribution in [0.4, 0.5) is 0 Å². The van der Waals surface area contributed by atoms with Crippen molar-refractivity contribution in [2.75, 3.05) is 0 Å². The molecule has 1 N–H and O–H groups in total. The number of esters is 1. The highest BCUT2D eigenvalue weighted by molar-refractivity contribution is 5.70. The Hall–Kier alpha value is -0.830. The summed E-state index contributed by atoms with van der Waals surface area (Å²) in [5, 5.41) is 10.8. The fourth-order valence-corrected chi connectivity index (χ4v) is 15.6. The molecule has 3 nitrogen and oxygen atoms in total. The van der Waals surface area contributed by atoms with E-state index < -0.39 is 6.10 Å². The SMILES string of the molecule is C=C(C)C1CCC2(C)CCC3(C)C(C)(CCC4C5(C)CCC(OC(=O)CC(O)CCCCCCCCCCCCCCCCC)C(C)(C)C5CCC43C)C12. The first-order chi connectivity index (χ1) is 25.5. The molecular formula is C51H90O3. The van der Waals surface area contributed by atoms with Crippen molar-refractivity contribution in [1.82, 2.24) is 0 Å². The number of aliphatic hydroxyl groups excluding tert-OH is 1. The van der Waals surface area contributed by atoms with Gasteiger partial charge in [-0.05, 0) is 128 Å². The Morgan fingerprint density at radius 1 is 0.667 bits per heavy atom. The molecule has 5 fully saturated rings. The summed E-state index contributed by atoms with van der Waals surface area (Å²) in [7, 11) is 0. The summed E-state index contributed by atoms with van der Waals surface area (Å²) >= 11 is 0. The number of rotatable bonds is 20. The van der Waals surface area contributed by atoms with Crippen LogP contribution in [0.2, 0.25) is 0 Å². The minimum absolute atomic E-state index is 0.0555. The fourth-order valence-electron chi connectivity index (χ4n) is 15.6. The monoisotopic (exact) mass is 751 g/mol. The van der Waals surface area contributed by atoms with Gasteiger partial charge in [0, 0.05) is 5.41 Å². The van der Waals surface area contributed by atoms with E-state index in [-0.39, 0.29) is 29.3 Å². The Morgan fingerprint density at radius 2 is 1.20 bits per heavy atom. The highest BCUT2D eigenvalue weighted by Gasteiger charge is 2.74. The van der Waals surface area contributed by atoms with Gasteiger partial charge in [-0.2, -0.15) is 0 Å². The number of carbonyl (C=O) groups is 1. The lowest BCUT2D eigenvalue weighted by Gasteiger charge is -2.76. The van der Waals surface area contributed by atoms with Gasteiger partial charge in [-0.3, -0.25) is 4.79 Å². The van der Waals surface area contributed by atoms with Crippen LogP contribution in [0.5, 0.6) is 0 Å². The minimum atomic E-state index is -0.578. The highest BCUT2D eigenvalue weighted by atomic mass is 16.5. The van der Waals surface area contributed by atoms with Crippen LogP contribution in [0.3, 0.4) is 0 Å². The molecule has 11 atom stereocenters. The van der Waals surface area contributed by atoms with Crippen molar-refractivity contribution in [3.8, 4) is 0 Å². The Kier molecular flexibility index (Phi) is 14.7. The molecule has 0 aromatic heterocycles. The quantitative estimate of drug-likeness (QED) is 0.0766. The first kappa shape index (κ1) is 44.3. The van der Waals surface area contributed by atoms with Gasteiger partial charge in [-0.25, -0.2) is 0 Å². The maximum absolute atomic E-state index is 13.3. The second kappa shape index (κ2) is 18.0. The van der Waals surface area contributed by atoms with E-state index in [1.54, 1.807) is 0 Å². The Labute approximate surface area is 335 Å². The van der Waals surface area contributed by atoms with Crippen molar-refractivity contribution in [3.05, 3.63) is 12.2 Å². The predicted octanol–water partition coefficient (Wildman–Crippen LogP) is 15.0. The fraction of sp³-hybridized carbons (Fsp3) is 0.941. The van der Waals surface area contributed by atoms with E-state index in [1.807, 2.05) is 0 Å². The topological polar surface area (TPSA) is 46.5 Å². The van der Waals surface area contributed by atoms with E-state index in [2.05, 4.69) is 68.9 Å². The van der Waals surface area contributed by atoms with E-state index >= 15 is 0 Å². The van der Waals surface area contributed by atoms with E-state index in [4.69, 9.17) is 4.74 Å². The number of ether oxygens (including phenoxy) is 1. The number of unbranched alkanes of at least 4 members (excludes halogenated alkanes) is 14. The summed E-state index contributed by atoms with van der Waals surface area (Å²) in [4.78, 5) is 13.3. The lowest BCUT2D eigenvalue weighted by molar-refractivity contribution is -0.277. The third kappa shape index (κ3) is 8.49. The molecule has 0 aromatic rings. The zero-order chi connectivity index (χ0) is 39.4. The van der Waals surface area contributed by atoms with Crippen LogP contribution in [0.1, 0.15) is 236 Å². The molecule has 0 heterocycles. The van der Waals surface area contributed by atoms with Crippen molar-refractivity contribution >= 4 is 5.97 Å². The summed E-state index contributed by atoms with van der Waals surface area (Å²) in [6.07, 6.45) is 33.2. The first-order valence-corrected chi connectivity index (χ1v) is 24.0. The van der Waals surface area contributed by atoms with Crippen molar-refractivity contribution in [2.24, 2.45) is 56.2 Å². The third-order valence-corrected chi connectivity index (χ3v) is 19.0. The summed E-state index contributed by atoms with van der Waals surface area (Å²) in [6.45, 7) is 27.5. The van der Waals surface area contributed by atoms with Gasteiger partial charge >= 0.3 is 5.97 Å². The van der Waals surface area contributed by atoms with Gasteiger partial charge in [-0.15, -0.1) is 0 Å². The molecule has 0 aliphatic heterocycles. The Morgan fingerprint density at radius 3 is 1.78 bits per heavy atom. The van der Waals surface area contributed by atoms with Gasteiger partial charge in [0.15, 0.2) is 0 Å². The van der Waals surface area contributed by atoms with Crippen LogP contribution in [0, 0.1) is 56.2 Å². The molecule has 312 valence electrons. The lowest BCUT2D eigenvalue weighted by Crippen LogP contribution is -2.69. The number of allylic oxidation sites excluding steroid dienone is 1. The summed E-state index contributed by atoms with van der Waals surface area (Å²) in [6, 6.07) is 0. The maximum atomic E-state index is 13.3. The van der Waals surface area contributed by atoms with Crippen LogP contribution in [0.15, 0.2) is 12.2 Å². The van der Waals surface area contributed by atoms with Crippen molar-refractivity contribution in [3.63, 3.8) is 0 Å². The van der Waals surface area contributed by atoms with Crippen LogP contribution in [-0.4, -0.2) is 23.3 Å². The van der Waals surface area contributed by atoms with Crippen molar-refractivity contribution in [1.29, 1.82) is 0 Å². The average Bonchev–Trinajstić information content (AvgIpc) is 3.48. The average molecular weight is 751 g/mol. The smallest absolute Gasteiger partial charge is 0.308 e. The molecule has 0 bridgehead atoms. The normalized spacial score (nSPS) is 40.2. The minimum Gasteiger partial charge on any atom is -0.462 e. The van der Waals surface area contributed by atoms with Gasteiger partial charge in [0.2, 0.25) is 0 Å². The van der Waals surface area contributed by atoms with E-state index in [9.17, 15) is 9.90 Å². The van der Waals surface area contributed by atoms with Gasteiger partial charge in [-0.1, -0.05) is 164 Å². The zero-order valence-electron chi connectivity index (χ0n) is 37.5. The lowest BCUT2D eigenvalue weighted by atomic mass is 9.29. The molecule has 0 saturated heterocycles. The van der Waals surface area contributed by atoms with Gasteiger partial charge in [0.05, 0.1) is 12.5 Å². The summed E-state index contributed by atoms with van der Waals surface area (Å²) < 4.78 is 6.37. The van der Waals surface area contributed by atoms with E-state index in [1.165, 1.54) is 140 Å². The summed E-state index contributed by atoms with van der Waals surface area (Å²) in [5.41, 5.74) is 3.11. The Bertz CT molecular complexity index is 1240. The standard InChI is InChI=1S/C51H90O3/c1-11-12-13-14-15-16-17-18-19-20-21-22-23-24-25-26-39(52)37-44(53)54-43-30-32-48(7)41(46(43,4)5)28-33-49(8)42(48)29-34-50(9)45-40(38(2)3)27-31-47(45,6)35-36-51(49,50)10/h39-43,45,52H,2,11-37H2,1,3-10H3. The molecule has 0 amide bonds. The Balaban J connectivity index is 1.06. The molecule has 0 radical (unpaired) electrons. The highest BCUT2D eigenvalue weighted by Crippen LogP contribution is 2.81. The molecule has 0 aromatic carbocycles. The molecule has 5 rings (SSSR count). The summed E-state index contributed by atoms with van der Waals surface area (Å²) in [5.74, 6) is 2.52. The zero-order valence-corrected chi connectivity index (χ0v) is 37.5. The van der Waals surface area contributed by atoms with Crippen LogP contribution < -0.4 is 0 Å². The molecule has 5 saturated carbocycles. The van der Waals surface area contributed by atoms with Gasteiger partial charge < -0.3 is 9.84 Å².